The van der Waals surface area contributed by atoms with E-state index in [1.165, 1.54) is 16.9 Å². The second kappa shape index (κ2) is 8.80. The maximum atomic E-state index is 13.1. The van der Waals surface area contributed by atoms with Crippen molar-refractivity contribution in [1.82, 2.24) is 14.8 Å². The molecule has 2 aromatic heterocycles. The minimum atomic E-state index is 0.0165. The highest BCUT2D eigenvalue weighted by atomic mass is 32.1. The largest absolute Gasteiger partial charge is 0.497 e. The predicted molar refractivity (Wildman–Crippen MR) is 113 cm³/mol. The molecule has 0 saturated carbocycles. The molecular formula is C22H25N3O3S. The normalized spacial score (nSPS) is 15.3. The van der Waals surface area contributed by atoms with Crippen LogP contribution in [0.1, 0.15) is 27.3 Å². The second-order valence-corrected chi connectivity index (χ2v) is 8.37. The van der Waals surface area contributed by atoms with Crippen LogP contribution < -0.4 is 4.74 Å². The van der Waals surface area contributed by atoms with Crippen molar-refractivity contribution in [2.24, 2.45) is 0 Å². The summed E-state index contributed by atoms with van der Waals surface area (Å²) in [6.45, 7) is 6.12. The van der Waals surface area contributed by atoms with Crippen LogP contribution in [0.3, 0.4) is 0 Å². The lowest BCUT2D eigenvalue weighted by Gasteiger charge is -2.22. The van der Waals surface area contributed by atoms with Crippen LogP contribution in [-0.2, 0) is 6.54 Å². The molecule has 4 rings (SSSR count). The highest BCUT2D eigenvalue weighted by molar-refractivity contribution is 7.15. The number of aromatic nitrogens is 1. The lowest BCUT2D eigenvalue weighted by Crippen LogP contribution is -2.35. The molecule has 152 valence electrons. The van der Waals surface area contributed by atoms with Gasteiger partial charge in [-0.05, 0) is 43.2 Å². The quantitative estimate of drug-likeness (QED) is 0.633. The average molecular weight is 412 g/mol. The molecule has 1 saturated heterocycles. The number of ether oxygens (including phenoxy) is 1. The highest BCUT2D eigenvalue weighted by Gasteiger charge is 2.25. The van der Waals surface area contributed by atoms with Crippen molar-refractivity contribution in [3.05, 3.63) is 58.8 Å². The fourth-order valence-electron chi connectivity index (χ4n) is 3.57. The summed E-state index contributed by atoms with van der Waals surface area (Å²) in [6.07, 6.45) is 2.58. The fraction of sp³-hybridized carbons (Fsp3) is 0.364. The number of amides is 1. The third-order valence-electron chi connectivity index (χ3n) is 5.17. The molecule has 0 radical (unpaired) electrons. The van der Waals surface area contributed by atoms with Gasteiger partial charge in [-0.25, -0.2) is 4.98 Å². The van der Waals surface area contributed by atoms with Crippen LogP contribution in [0, 0.1) is 6.92 Å². The Bertz CT molecular complexity index is 950. The van der Waals surface area contributed by atoms with Gasteiger partial charge >= 0.3 is 0 Å². The monoisotopic (exact) mass is 411 g/mol. The van der Waals surface area contributed by atoms with E-state index in [-0.39, 0.29) is 5.91 Å². The van der Waals surface area contributed by atoms with Crippen LogP contribution in [0.5, 0.6) is 5.75 Å². The molecule has 1 aromatic carbocycles. The topological polar surface area (TPSA) is 58.8 Å². The SMILES string of the molecule is COc1ccc(CN2CCCN(C(=O)c3nc(-c4ccco4)sc3C)CC2)cc1. The molecule has 1 fully saturated rings. The van der Waals surface area contributed by atoms with Gasteiger partial charge in [-0.3, -0.25) is 9.69 Å². The first-order chi connectivity index (χ1) is 14.1. The first-order valence-corrected chi connectivity index (χ1v) is 10.6. The Hall–Kier alpha value is -2.64. The summed E-state index contributed by atoms with van der Waals surface area (Å²) in [5.41, 5.74) is 1.80. The van der Waals surface area contributed by atoms with E-state index in [1.54, 1.807) is 13.4 Å². The van der Waals surface area contributed by atoms with Gasteiger partial charge in [0.25, 0.3) is 5.91 Å². The standard InChI is InChI=1S/C22H25N3O3S/c1-16-20(23-21(29-16)19-5-3-14-28-19)22(26)25-11-4-10-24(12-13-25)15-17-6-8-18(27-2)9-7-17/h3,5-9,14H,4,10-13,15H2,1-2H3. The lowest BCUT2D eigenvalue weighted by atomic mass is 10.2. The summed E-state index contributed by atoms with van der Waals surface area (Å²) in [5.74, 6) is 1.59. The van der Waals surface area contributed by atoms with E-state index in [0.717, 1.165) is 48.2 Å². The molecule has 0 spiro atoms. The summed E-state index contributed by atoms with van der Waals surface area (Å²) >= 11 is 1.50. The van der Waals surface area contributed by atoms with Crippen molar-refractivity contribution < 1.29 is 13.9 Å². The van der Waals surface area contributed by atoms with Gasteiger partial charge in [0, 0.05) is 37.6 Å². The maximum absolute atomic E-state index is 13.1. The van der Waals surface area contributed by atoms with Crippen LogP contribution >= 0.6 is 11.3 Å². The lowest BCUT2D eigenvalue weighted by molar-refractivity contribution is 0.0755. The zero-order valence-electron chi connectivity index (χ0n) is 16.8. The molecule has 0 aliphatic carbocycles. The van der Waals surface area contributed by atoms with E-state index < -0.39 is 0 Å². The molecule has 0 bridgehead atoms. The van der Waals surface area contributed by atoms with Crippen LogP contribution in [0.15, 0.2) is 47.1 Å². The van der Waals surface area contributed by atoms with Gasteiger partial charge in [-0.1, -0.05) is 12.1 Å². The van der Waals surface area contributed by atoms with E-state index >= 15 is 0 Å². The van der Waals surface area contributed by atoms with Gasteiger partial charge in [-0.15, -0.1) is 11.3 Å². The third kappa shape index (κ3) is 4.52. The second-order valence-electron chi connectivity index (χ2n) is 7.17. The highest BCUT2D eigenvalue weighted by Crippen LogP contribution is 2.28. The minimum Gasteiger partial charge on any atom is -0.497 e. The third-order valence-corrected chi connectivity index (χ3v) is 6.16. The predicted octanol–water partition coefficient (Wildman–Crippen LogP) is 4.07. The molecular weight excluding hydrogens is 386 g/mol. The number of carbonyl (C=O) groups excluding carboxylic acids is 1. The Morgan fingerprint density at radius 1 is 1.17 bits per heavy atom. The van der Waals surface area contributed by atoms with Crippen molar-refractivity contribution in [1.29, 1.82) is 0 Å². The van der Waals surface area contributed by atoms with E-state index in [1.807, 2.05) is 36.1 Å². The molecule has 6 nitrogen and oxygen atoms in total. The first-order valence-electron chi connectivity index (χ1n) is 9.80. The Balaban J connectivity index is 1.39. The first kappa shape index (κ1) is 19.7. The number of hydrogen-bond donors (Lipinski definition) is 0. The summed E-state index contributed by atoms with van der Waals surface area (Å²) in [7, 11) is 1.68. The van der Waals surface area contributed by atoms with Crippen LogP contribution in [0.25, 0.3) is 10.8 Å². The summed E-state index contributed by atoms with van der Waals surface area (Å²) in [5, 5.41) is 0.756. The molecule has 0 unspecified atom stereocenters. The van der Waals surface area contributed by atoms with E-state index in [2.05, 4.69) is 22.0 Å². The van der Waals surface area contributed by atoms with Crippen LogP contribution in [0.2, 0.25) is 0 Å². The number of hydrogen-bond acceptors (Lipinski definition) is 6. The van der Waals surface area contributed by atoms with Crippen molar-refractivity contribution in [2.75, 3.05) is 33.3 Å². The molecule has 1 amide bonds. The Morgan fingerprint density at radius 3 is 2.72 bits per heavy atom. The number of thiazole rings is 1. The number of carbonyl (C=O) groups is 1. The summed E-state index contributed by atoms with van der Waals surface area (Å²) in [6, 6.07) is 11.9. The molecule has 0 N–H and O–H groups in total. The number of methoxy groups -OCH3 is 1. The number of aryl methyl sites for hydroxylation is 1. The zero-order chi connectivity index (χ0) is 20.2. The molecule has 1 aliphatic rings. The van der Waals surface area contributed by atoms with Crippen LogP contribution in [0.4, 0.5) is 0 Å². The number of rotatable bonds is 5. The van der Waals surface area contributed by atoms with Gasteiger partial charge in [0.15, 0.2) is 10.8 Å². The van der Waals surface area contributed by atoms with Gasteiger partial charge < -0.3 is 14.1 Å². The number of furan rings is 1. The Kier molecular flexibility index (Phi) is 5.97. The van der Waals surface area contributed by atoms with Gasteiger partial charge in [0.2, 0.25) is 0 Å². The van der Waals surface area contributed by atoms with Crippen molar-refractivity contribution in [3.63, 3.8) is 0 Å². The van der Waals surface area contributed by atoms with Crippen LogP contribution in [-0.4, -0.2) is 54.0 Å². The summed E-state index contributed by atoms with van der Waals surface area (Å²) in [4.78, 5) is 22.9. The average Bonchev–Trinajstić information content (AvgIpc) is 3.34. The van der Waals surface area contributed by atoms with E-state index in [9.17, 15) is 4.79 Å². The maximum Gasteiger partial charge on any atom is 0.273 e. The smallest absolute Gasteiger partial charge is 0.273 e. The molecule has 7 heteroatoms. The minimum absolute atomic E-state index is 0.0165. The molecule has 3 heterocycles. The Labute approximate surface area is 174 Å². The summed E-state index contributed by atoms with van der Waals surface area (Å²) < 4.78 is 10.7. The van der Waals surface area contributed by atoms with Crippen molar-refractivity contribution in [2.45, 2.75) is 19.9 Å². The van der Waals surface area contributed by atoms with Gasteiger partial charge in [-0.2, -0.15) is 0 Å². The van der Waals surface area contributed by atoms with E-state index in [4.69, 9.17) is 9.15 Å². The van der Waals surface area contributed by atoms with Gasteiger partial charge in [0.05, 0.1) is 13.4 Å². The Morgan fingerprint density at radius 2 is 2.00 bits per heavy atom. The molecule has 29 heavy (non-hydrogen) atoms. The fourth-order valence-corrected chi connectivity index (χ4v) is 4.44. The zero-order valence-corrected chi connectivity index (χ0v) is 17.6. The van der Waals surface area contributed by atoms with E-state index in [0.29, 0.717) is 18.0 Å². The molecule has 3 aromatic rings. The number of nitrogens with zero attached hydrogens (tertiary/aromatic N) is 3. The van der Waals surface area contributed by atoms with Crippen molar-refractivity contribution in [3.8, 4) is 16.5 Å². The molecule has 1 aliphatic heterocycles. The van der Waals surface area contributed by atoms with Gasteiger partial charge in [0.1, 0.15) is 11.4 Å². The molecule has 0 atom stereocenters. The van der Waals surface area contributed by atoms with Crippen molar-refractivity contribution >= 4 is 17.2 Å². The number of benzene rings is 1.